The number of fused-ring (bicyclic) bond motifs is 1. The Balaban J connectivity index is 1.58. The van der Waals surface area contributed by atoms with Gasteiger partial charge in [-0.15, -0.1) is 0 Å². The van der Waals surface area contributed by atoms with Gasteiger partial charge in [-0.3, -0.25) is 4.79 Å². The number of piperidine rings is 1. The van der Waals surface area contributed by atoms with E-state index in [1.165, 1.54) is 0 Å². The second-order valence-corrected chi connectivity index (χ2v) is 7.84. The summed E-state index contributed by atoms with van der Waals surface area (Å²) >= 11 is 0. The van der Waals surface area contributed by atoms with Crippen molar-refractivity contribution < 1.29 is 14.4 Å². The van der Waals surface area contributed by atoms with Crippen LogP contribution in [0, 0.1) is 6.92 Å². The molecule has 1 aromatic carbocycles. The monoisotopic (exact) mass is 423 g/mol. The predicted molar refractivity (Wildman–Crippen MR) is 119 cm³/mol. The van der Waals surface area contributed by atoms with E-state index in [0.29, 0.717) is 19.6 Å². The summed E-state index contributed by atoms with van der Waals surface area (Å²) in [5.41, 5.74) is 4.03. The SMILES string of the molecule is CCNC(=O)C[C@H]1CON=C2/C(=C/c3ccc(-n4cnc(C)c4)c(OC)c3)CCCN21. The number of rotatable bonds is 6. The van der Waals surface area contributed by atoms with Crippen LogP contribution < -0.4 is 10.1 Å². The van der Waals surface area contributed by atoms with Gasteiger partial charge in [-0.05, 0) is 56.0 Å². The summed E-state index contributed by atoms with van der Waals surface area (Å²) in [6.45, 7) is 5.84. The number of amidine groups is 1. The number of imidazole rings is 1. The minimum atomic E-state index is 0.00384. The van der Waals surface area contributed by atoms with Gasteiger partial charge in [-0.2, -0.15) is 0 Å². The molecule has 4 rings (SSSR count). The zero-order valence-corrected chi connectivity index (χ0v) is 18.3. The second-order valence-electron chi connectivity index (χ2n) is 7.84. The standard InChI is InChI=1S/C23H29N5O3/c1-4-24-22(29)12-19-14-31-26-23-18(6-5-9-28(19)23)10-17-7-8-20(21(11-17)30-3)27-13-16(2)25-15-27/h7-8,10-11,13,15,19H,4-6,9,12,14H2,1-3H3,(H,24,29)/b18-10+/t19-/m0/s1. The Morgan fingerprint density at radius 3 is 3.03 bits per heavy atom. The Morgan fingerprint density at radius 1 is 1.42 bits per heavy atom. The smallest absolute Gasteiger partial charge is 0.222 e. The number of aryl methyl sites for hydroxylation is 1. The summed E-state index contributed by atoms with van der Waals surface area (Å²) in [6.07, 6.45) is 8.23. The minimum Gasteiger partial charge on any atom is -0.495 e. The van der Waals surface area contributed by atoms with Gasteiger partial charge in [-0.1, -0.05) is 11.2 Å². The Kier molecular flexibility index (Phi) is 6.25. The van der Waals surface area contributed by atoms with Crippen LogP contribution in [0.2, 0.25) is 0 Å². The third-order valence-corrected chi connectivity index (χ3v) is 5.59. The lowest BCUT2D eigenvalue weighted by atomic mass is 9.97. The van der Waals surface area contributed by atoms with Crippen molar-refractivity contribution in [1.82, 2.24) is 19.8 Å². The van der Waals surface area contributed by atoms with Crippen LogP contribution in [0.15, 0.2) is 41.5 Å². The molecule has 2 aliphatic rings. The maximum atomic E-state index is 12.1. The van der Waals surface area contributed by atoms with Gasteiger partial charge in [-0.25, -0.2) is 4.98 Å². The molecular weight excluding hydrogens is 394 g/mol. The third kappa shape index (κ3) is 4.57. The number of amides is 1. The van der Waals surface area contributed by atoms with E-state index in [-0.39, 0.29) is 11.9 Å². The molecule has 8 nitrogen and oxygen atoms in total. The van der Waals surface area contributed by atoms with E-state index in [9.17, 15) is 4.79 Å². The van der Waals surface area contributed by atoms with Crippen molar-refractivity contribution in [3.05, 3.63) is 47.6 Å². The molecule has 8 heteroatoms. The van der Waals surface area contributed by atoms with Crippen molar-refractivity contribution in [2.24, 2.45) is 5.16 Å². The topological polar surface area (TPSA) is 81.0 Å². The van der Waals surface area contributed by atoms with Crippen molar-refractivity contribution in [3.63, 3.8) is 0 Å². The molecule has 164 valence electrons. The Labute approximate surface area is 182 Å². The average molecular weight is 424 g/mol. The van der Waals surface area contributed by atoms with Crippen molar-refractivity contribution in [2.75, 3.05) is 26.8 Å². The molecule has 0 unspecified atom stereocenters. The largest absolute Gasteiger partial charge is 0.495 e. The molecule has 1 aromatic heterocycles. The first-order chi connectivity index (χ1) is 15.1. The lowest BCUT2D eigenvalue weighted by Crippen LogP contribution is -2.50. The van der Waals surface area contributed by atoms with Gasteiger partial charge in [0.2, 0.25) is 5.91 Å². The van der Waals surface area contributed by atoms with E-state index in [4.69, 9.17) is 9.57 Å². The number of aromatic nitrogens is 2. The predicted octanol–water partition coefficient (Wildman–Crippen LogP) is 2.91. The number of carbonyl (C=O) groups excluding carboxylic acids is 1. The molecule has 1 N–H and O–H groups in total. The molecule has 0 bridgehead atoms. The molecule has 31 heavy (non-hydrogen) atoms. The van der Waals surface area contributed by atoms with Gasteiger partial charge in [0, 0.05) is 19.3 Å². The fourth-order valence-corrected chi connectivity index (χ4v) is 4.12. The zero-order valence-electron chi connectivity index (χ0n) is 18.3. The molecule has 3 heterocycles. The highest BCUT2D eigenvalue weighted by atomic mass is 16.6. The highest BCUT2D eigenvalue weighted by molar-refractivity contribution is 6.03. The van der Waals surface area contributed by atoms with Crippen molar-refractivity contribution in [1.29, 1.82) is 0 Å². The fraction of sp³-hybridized carbons (Fsp3) is 0.435. The van der Waals surface area contributed by atoms with Crippen molar-refractivity contribution in [3.8, 4) is 11.4 Å². The lowest BCUT2D eigenvalue weighted by molar-refractivity contribution is -0.122. The first-order valence-electron chi connectivity index (χ1n) is 10.7. The van der Waals surface area contributed by atoms with Gasteiger partial charge in [0.25, 0.3) is 0 Å². The van der Waals surface area contributed by atoms with E-state index >= 15 is 0 Å². The minimum absolute atomic E-state index is 0.00384. The van der Waals surface area contributed by atoms with E-state index in [0.717, 1.165) is 53.5 Å². The number of methoxy groups -OCH3 is 1. The Hall–Kier alpha value is -3.29. The van der Waals surface area contributed by atoms with Gasteiger partial charge in [0.1, 0.15) is 12.4 Å². The average Bonchev–Trinajstić information content (AvgIpc) is 3.20. The van der Waals surface area contributed by atoms with Crippen LogP contribution in [0.5, 0.6) is 5.75 Å². The molecule has 0 radical (unpaired) electrons. The van der Waals surface area contributed by atoms with Crippen LogP contribution in [0.3, 0.4) is 0 Å². The highest BCUT2D eigenvalue weighted by Gasteiger charge is 2.33. The van der Waals surface area contributed by atoms with Crippen LogP contribution in [0.4, 0.5) is 0 Å². The van der Waals surface area contributed by atoms with E-state index in [1.54, 1.807) is 13.4 Å². The summed E-state index contributed by atoms with van der Waals surface area (Å²) in [6, 6.07) is 6.12. The number of nitrogens with one attached hydrogen (secondary N) is 1. The third-order valence-electron chi connectivity index (χ3n) is 5.59. The maximum absolute atomic E-state index is 12.1. The molecule has 2 aromatic rings. The van der Waals surface area contributed by atoms with E-state index in [1.807, 2.05) is 36.7 Å². The normalized spacial score (nSPS) is 19.5. The molecule has 0 saturated carbocycles. The van der Waals surface area contributed by atoms with Crippen molar-refractivity contribution >= 4 is 17.8 Å². The Bertz CT molecular complexity index is 1010. The molecule has 0 aliphatic carbocycles. The van der Waals surface area contributed by atoms with E-state index < -0.39 is 0 Å². The van der Waals surface area contributed by atoms with Crippen LogP contribution in [0.1, 0.15) is 37.4 Å². The van der Waals surface area contributed by atoms with Crippen molar-refractivity contribution in [2.45, 2.75) is 39.2 Å². The number of carbonyl (C=O) groups is 1. The van der Waals surface area contributed by atoms with Gasteiger partial charge in [0.05, 0.1) is 37.3 Å². The summed E-state index contributed by atoms with van der Waals surface area (Å²) in [4.78, 5) is 24.1. The van der Waals surface area contributed by atoms with Gasteiger partial charge in [0.15, 0.2) is 5.84 Å². The number of ether oxygens (including phenoxy) is 1. The number of hydrogen-bond donors (Lipinski definition) is 1. The van der Waals surface area contributed by atoms with Crippen LogP contribution in [-0.2, 0) is 9.63 Å². The van der Waals surface area contributed by atoms with E-state index in [2.05, 4.69) is 32.5 Å². The molecule has 1 atom stereocenters. The summed E-state index contributed by atoms with van der Waals surface area (Å²) in [7, 11) is 1.67. The van der Waals surface area contributed by atoms with Crippen LogP contribution in [-0.4, -0.2) is 59.0 Å². The molecule has 1 saturated heterocycles. The molecule has 1 amide bonds. The van der Waals surface area contributed by atoms with Gasteiger partial charge < -0.3 is 24.4 Å². The molecular formula is C23H29N5O3. The molecule has 0 spiro atoms. The highest BCUT2D eigenvalue weighted by Crippen LogP contribution is 2.29. The Morgan fingerprint density at radius 2 is 2.29 bits per heavy atom. The number of benzene rings is 1. The number of nitrogens with zero attached hydrogens (tertiary/aromatic N) is 4. The fourth-order valence-electron chi connectivity index (χ4n) is 4.12. The molecule has 1 fully saturated rings. The number of oxime groups is 1. The van der Waals surface area contributed by atoms with Gasteiger partial charge >= 0.3 is 0 Å². The summed E-state index contributed by atoms with van der Waals surface area (Å²) in [5, 5.41) is 7.22. The zero-order chi connectivity index (χ0) is 21.8. The van der Waals surface area contributed by atoms with Crippen LogP contribution >= 0.6 is 0 Å². The quantitative estimate of drug-likeness (QED) is 0.773. The lowest BCUT2D eigenvalue weighted by Gasteiger charge is -2.39. The maximum Gasteiger partial charge on any atom is 0.222 e. The first kappa shape index (κ1) is 21.0. The summed E-state index contributed by atoms with van der Waals surface area (Å²) < 4.78 is 7.60. The van der Waals surface area contributed by atoms with Crippen LogP contribution in [0.25, 0.3) is 11.8 Å². The number of hydrogen-bond acceptors (Lipinski definition) is 6. The summed E-state index contributed by atoms with van der Waals surface area (Å²) in [5.74, 6) is 1.65. The molecule has 2 aliphatic heterocycles. The second kappa shape index (κ2) is 9.24. The first-order valence-corrected chi connectivity index (χ1v) is 10.7.